The van der Waals surface area contributed by atoms with E-state index in [1.807, 2.05) is 0 Å². The third kappa shape index (κ3) is 3.99. The molecule has 0 atom stereocenters. The molecule has 0 aromatic heterocycles. The first-order valence-corrected chi connectivity index (χ1v) is 9.51. The molecule has 0 unspecified atom stereocenters. The number of nitrogens with one attached hydrogen (secondary N) is 2. The molecule has 2 rings (SSSR count). The highest BCUT2D eigenvalue weighted by Crippen LogP contribution is 2.25. The second-order valence-corrected chi connectivity index (χ2v) is 8.36. The molecule has 124 valence electrons. The third-order valence-electron chi connectivity index (χ3n) is 2.87. The van der Waals surface area contributed by atoms with E-state index in [1.54, 1.807) is 0 Å². The molecule has 2 aromatic rings. The van der Waals surface area contributed by atoms with E-state index in [2.05, 4.69) is 9.44 Å². The fraction of sp³-hybridized carbons (Fsp3) is 0.0769. The first kappa shape index (κ1) is 17.7. The Kier molecular flexibility index (Phi) is 4.95. The van der Waals surface area contributed by atoms with Crippen LogP contribution in [0.5, 0.6) is 0 Å². The zero-order valence-corrected chi connectivity index (χ0v) is 14.1. The highest BCUT2D eigenvalue weighted by atomic mass is 35.5. The topological polar surface area (TPSA) is 92.3 Å². The Bertz CT molecular complexity index is 929. The van der Waals surface area contributed by atoms with E-state index < -0.39 is 30.8 Å². The van der Waals surface area contributed by atoms with Crippen molar-refractivity contribution in [3.63, 3.8) is 0 Å². The van der Waals surface area contributed by atoms with Crippen molar-refractivity contribution in [2.75, 3.05) is 11.8 Å². The first-order valence-electron chi connectivity index (χ1n) is 6.17. The molecule has 0 aliphatic heterocycles. The van der Waals surface area contributed by atoms with Gasteiger partial charge in [-0.15, -0.1) is 0 Å². The second kappa shape index (κ2) is 6.44. The molecule has 0 aliphatic carbocycles. The molecule has 0 aliphatic rings. The van der Waals surface area contributed by atoms with Gasteiger partial charge in [-0.25, -0.2) is 25.9 Å². The third-order valence-corrected chi connectivity index (χ3v) is 6.16. The number of halogens is 2. The van der Waals surface area contributed by atoms with E-state index >= 15 is 0 Å². The summed E-state index contributed by atoms with van der Waals surface area (Å²) in [6.07, 6.45) is 0. The predicted molar refractivity (Wildman–Crippen MR) is 84.9 cm³/mol. The van der Waals surface area contributed by atoms with Crippen LogP contribution in [-0.2, 0) is 20.0 Å². The van der Waals surface area contributed by atoms with E-state index in [0.717, 1.165) is 18.2 Å². The molecular formula is C13H12ClFN2O4S2. The standard InChI is InChI=1S/C13H12ClFN2O4S2/c1-16-22(18,19)11-5-3-10(4-6-11)17-23(20,21)13-8-9(15)2-7-12(13)14/h2-8,16-17H,1H3. The van der Waals surface area contributed by atoms with Gasteiger partial charge in [0.2, 0.25) is 10.0 Å². The summed E-state index contributed by atoms with van der Waals surface area (Å²) in [5.41, 5.74) is 0.111. The van der Waals surface area contributed by atoms with Gasteiger partial charge in [-0.05, 0) is 49.5 Å². The fourth-order valence-corrected chi connectivity index (χ4v) is 4.01. The molecule has 0 amide bonds. The van der Waals surface area contributed by atoms with Crippen molar-refractivity contribution in [3.8, 4) is 0 Å². The van der Waals surface area contributed by atoms with Crippen LogP contribution in [-0.4, -0.2) is 23.9 Å². The normalized spacial score (nSPS) is 12.1. The summed E-state index contributed by atoms with van der Waals surface area (Å²) < 4.78 is 65.2. The Hall–Kier alpha value is -1.68. The maximum Gasteiger partial charge on any atom is 0.263 e. The van der Waals surface area contributed by atoms with Crippen LogP contribution in [0.25, 0.3) is 0 Å². The summed E-state index contributed by atoms with van der Waals surface area (Å²) >= 11 is 5.78. The SMILES string of the molecule is CNS(=O)(=O)c1ccc(NS(=O)(=O)c2cc(F)ccc2Cl)cc1. The lowest BCUT2D eigenvalue weighted by molar-refractivity contribution is 0.588. The van der Waals surface area contributed by atoms with Crippen molar-refractivity contribution in [2.45, 2.75) is 9.79 Å². The van der Waals surface area contributed by atoms with Gasteiger partial charge >= 0.3 is 0 Å². The van der Waals surface area contributed by atoms with Gasteiger partial charge in [-0.1, -0.05) is 11.6 Å². The minimum Gasteiger partial charge on any atom is -0.280 e. The maximum atomic E-state index is 13.2. The molecule has 0 fully saturated rings. The lowest BCUT2D eigenvalue weighted by atomic mass is 10.3. The van der Waals surface area contributed by atoms with E-state index in [1.165, 1.54) is 31.3 Å². The lowest BCUT2D eigenvalue weighted by Crippen LogP contribution is -2.18. The van der Waals surface area contributed by atoms with Gasteiger partial charge in [0.05, 0.1) is 9.92 Å². The monoisotopic (exact) mass is 378 g/mol. The smallest absolute Gasteiger partial charge is 0.263 e. The van der Waals surface area contributed by atoms with Crippen LogP contribution in [0.2, 0.25) is 5.02 Å². The Morgan fingerprint density at radius 3 is 2.13 bits per heavy atom. The summed E-state index contributed by atoms with van der Waals surface area (Å²) in [6, 6.07) is 7.98. The van der Waals surface area contributed by atoms with Crippen LogP contribution in [0.1, 0.15) is 0 Å². The molecule has 0 bridgehead atoms. The molecule has 0 saturated heterocycles. The maximum absolute atomic E-state index is 13.2. The van der Waals surface area contributed by atoms with Crippen molar-refractivity contribution in [3.05, 3.63) is 53.3 Å². The molecule has 0 radical (unpaired) electrons. The number of rotatable bonds is 5. The van der Waals surface area contributed by atoms with Crippen molar-refractivity contribution in [1.82, 2.24) is 4.72 Å². The minimum absolute atomic E-state index is 0.0215. The van der Waals surface area contributed by atoms with E-state index in [-0.39, 0.29) is 15.6 Å². The quantitative estimate of drug-likeness (QED) is 0.834. The largest absolute Gasteiger partial charge is 0.280 e. The second-order valence-electron chi connectivity index (χ2n) is 4.41. The van der Waals surface area contributed by atoms with Crippen LogP contribution in [0.4, 0.5) is 10.1 Å². The summed E-state index contributed by atoms with van der Waals surface area (Å²) in [6.45, 7) is 0. The van der Waals surface area contributed by atoms with Crippen molar-refractivity contribution in [1.29, 1.82) is 0 Å². The summed E-state index contributed by atoms with van der Waals surface area (Å²) in [5, 5.41) is -0.131. The molecular weight excluding hydrogens is 367 g/mol. The summed E-state index contributed by atoms with van der Waals surface area (Å²) in [5.74, 6) is -0.745. The fourth-order valence-electron chi connectivity index (χ4n) is 1.71. The van der Waals surface area contributed by atoms with Gasteiger partial charge in [-0.2, -0.15) is 0 Å². The van der Waals surface area contributed by atoms with Crippen LogP contribution in [0.15, 0.2) is 52.3 Å². The van der Waals surface area contributed by atoms with Crippen LogP contribution in [0, 0.1) is 5.82 Å². The number of hydrogen-bond donors (Lipinski definition) is 2. The van der Waals surface area contributed by atoms with E-state index in [0.29, 0.717) is 0 Å². The van der Waals surface area contributed by atoms with Crippen molar-refractivity contribution in [2.24, 2.45) is 0 Å². The van der Waals surface area contributed by atoms with Crippen LogP contribution < -0.4 is 9.44 Å². The van der Waals surface area contributed by atoms with E-state index in [4.69, 9.17) is 11.6 Å². The number of sulfonamides is 2. The zero-order valence-electron chi connectivity index (χ0n) is 11.7. The number of benzene rings is 2. The average Bonchev–Trinajstić information content (AvgIpc) is 2.49. The highest BCUT2D eigenvalue weighted by Gasteiger charge is 2.19. The Balaban J connectivity index is 2.33. The minimum atomic E-state index is -4.11. The molecule has 0 saturated carbocycles. The lowest BCUT2D eigenvalue weighted by Gasteiger charge is -2.10. The van der Waals surface area contributed by atoms with Gasteiger partial charge in [0.1, 0.15) is 10.7 Å². The highest BCUT2D eigenvalue weighted by molar-refractivity contribution is 7.92. The Morgan fingerprint density at radius 2 is 1.57 bits per heavy atom. The molecule has 0 heterocycles. The summed E-state index contributed by atoms with van der Waals surface area (Å²) in [4.78, 5) is -0.433. The van der Waals surface area contributed by atoms with Crippen LogP contribution >= 0.6 is 11.6 Å². The van der Waals surface area contributed by atoms with Crippen molar-refractivity contribution >= 4 is 37.3 Å². The molecule has 10 heteroatoms. The molecule has 2 aromatic carbocycles. The van der Waals surface area contributed by atoms with Gasteiger partial charge in [0.25, 0.3) is 10.0 Å². The zero-order chi connectivity index (χ0) is 17.3. The van der Waals surface area contributed by atoms with Gasteiger partial charge < -0.3 is 0 Å². The Labute approximate surface area is 138 Å². The predicted octanol–water partition coefficient (Wildman–Crippen LogP) is 2.19. The molecule has 2 N–H and O–H groups in total. The average molecular weight is 379 g/mol. The summed E-state index contributed by atoms with van der Waals surface area (Å²) in [7, 11) is -6.47. The van der Waals surface area contributed by atoms with E-state index in [9.17, 15) is 21.2 Å². The van der Waals surface area contributed by atoms with Crippen molar-refractivity contribution < 1.29 is 21.2 Å². The van der Waals surface area contributed by atoms with Gasteiger partial charge in [0, 0.05) is 5.69 Å². The number of hydrogen-bond acceptors (Lipinski definition) is 4. The molecule has 0 spiro atoms. The van der Waals surface area contributed by atoms with Gasteiger partial charge in [0.15, 0.2) is 0 Å². The van der Waals surface area contributed by atoms with Gasteiger partial charge in [-0.3, -0.25) is 4.72 Å². The molecule has 23 heavy (non-hydrogen) atoms. The first-order chi connectivity index (χ1) is 10.7. The van der Waals surface area contributed by atoms with Crippen LogP contribution in [0.3, 0.4) is 0 Å². The number of anilines is 1. The molecule has 6 nitrogen and oxygen atoms in total. The Morgan fingerprint density at radius 1 is 0.957 bits per heavy atom.